The van der Waals surface area contributed by atoms with E-state index in [-0.39, 0.29) is 40.8 Å². The Bertz CT molecular complexity index is 4250. The maximum atomic E-state index is 10.6. The Hall–Kier alpha value is -9.12. The highest BCUT2D eigenvalue weighted by molar-refractivity contribution is 6.26. The lowest BCUT2D eigenvalue weighted by molar-refractivity contribution is 1.06. The van der Waals surface area contributed by atoms with Crippen LogP contribution in [0.3, 0.4) is 0 Å². The number of fused-ring (bicyclic) bond motifs is 10. The highest BCUT2D eigenvalue weighted by Crippen LogP contribution is 2.44. The smallest absolute Gasteiger partial charge is 0.166 e. The van der Waals surface area contributed by atoms with E-state index in [1.165, 1.54) is 0 Å². The first-order chi connectivity index (χ1) is 33.5. The standard InChI is InChI=1S/C58H35N7/c59-36-37-28-31-52(65-49-26-14-10-22-42(49)44-30-33-53-54(55(44)65)45-24-12-15-27-50(45)64(53)41-20-8-3-9-21-41)47(34-37)58-61-56(38-16-4-1-5-17-38)60-57(62-58)39-29-32-51-46(35-39)43-23-11-13-25-48(43)63(51)40-18-6-2-7-19-40/h1-35H/i28D,31D,34D. The minimum atomic E-state index is -0.348. The molecule has 4 heterocycles. The van der Waals surface area contributed by atoms with E-state index in [0.29, 0.717) is 11.6 Å². The molecule has 0 amide bonds. The molecule has 302 valence electrons. The van der Waals surface area contributed by atoms with Crippen LogP contribution in [0.25, 0.3) is 117 Å². The molecule has 13 rings (SSSR count). The van der Waals surface area contributed by atoms with E-state index in [0.717, 1.165) is 87.9 Å². The van der Waals surface area contributed by atoms with Crippen LogP contribution in [-0.2, 0) is 0 Å². The Kier molecular flexibility index (Phi) is 7.46. The van der Waals surface area contributed by atoms with Gasteiger partial charge in [0.2, 0.25) is 0 Å². The Balaban J connectivity index is 1.14. The molecule has 0 radical (unpaired) electrons. The van der Waals surface area contributed by atoms with Gasteiger partial charge in [0, 0.05) is 60.4 Å². The molecule has 4 aromatic heterocycles. The Morgan fingerprint density at radius 2 is 0.923 bits per heavy atom. The first-order valence-electron chi connectivity index (χ1n) is 22.9. The molecule has 65 heavy (non-hydrogen) atoms. The molecule has 7 nitrogen and oxygen atoms in total. The van der Waals surface area contributed by atoms with Gasteiger partial charge in [-0.15, -0.1) is 0 Å². The van der Waals surface area contributed by atoms with Crippen molar-refractivity contribution < 1.29 is 4.11 Å². The van der Waals surface area contributed by atoms with Crippen molar-refractivity contribution in [1.29, 1.82) is 5.26 Å². The summed E-state index contributed by atoms with van der Waals surface area (Å²) in [6.45, 7) is 0. The summed E-state index contributed by atoms with van der Waals surface area (Å²) in [6.07, 6.45) is 0. The van der Waals surface area contributed by atoms with Crippen molar-refractivity contribution in [3.63, 3.8) is 0 Å². The van der Waals surface area contributed by atoms with Gasteiger partial charge in [0.25, 0.3) is 0 Å². The van der Waals surface area contributed by atoms with E-state index < -0.39 is 0 Å². The van der Waals surface area contributed by atoms with Gasteiger partial charge in [-0.25, -0.2) is 15.0 Å². The number of nitrogens with zero attached hydrogens (tertiary/aromatic N) is 7. The maximum absolute atomic E-state index is 10.6. The molecule has 0 atom stereocenters. The summed E-state index contributed by atoms with van der Waals surface area (Å²) < 4.78 is 35.6. The van der Waals surface area contributed by atoms with Crippen molar-refractivity contribution in [3.8, 4) is 57.3 Å². The number of rotatable bonds is 6. The molecule has 0 N–H and O–H groups in total. The van der Waals surface area contributed by atoms with Gasteiger partial charge < -0.3 is 13.7 Å². The van der Waals surface area contributed by atoms with Gasteiger partial charge in [0.1, 0.15) is 0 Å². The van der Waals surface area contributed by atoms with E-state index in [4.69, 9.17) is 15.0 Å². The van der Waals surface area contributed by atoms with Crippen LogP contribution in [0, 0.1) is 11.3 Å². The topological polar surface area (TPSA) is 77.2 Å². The van der Waals surface area contributed by atoms with Crippen molar-refractivity contribution >= 4 is 65.4 Å². The number of hydrogen-bond acceptors (Lipinski definition) is 4. The van der Waals surface area contributed by atoms with Gasteiger partial charge in [-0.1, -0.05) is 127 Å². The van der Waals surface area contributed by atoms with Gasteiger partial charge in [-0.2, -0.15) is 5.26 Å². The molecule has 0 saturated heterocycles. The predicted molar refractivity (Wildman–Crippen MR) is 264 cm³/mol. The molecule has 7 heteroatoms. The van der Waals surface area contributed by atoms with Crippen molar-refractivity contribution in [2.45, 2.75) is 0 Å². The second-order valence-electron chi connectivity index (χ2n) is 16.1. The third kappa shape index (κ3) is 5.64. The van der Waals surface area contributed by atoms with Crippen LogP contribution in [0.15, 0.2) is 212 Å². The van der Waals surface area contributed by atoms with E-state index in [1.54, 1.807) is 0 Å². The molecule has 0 bridgehead atoms. The van der Waals surface area contributed by atoms with Gasteiger partial charge in [0.15, 0.2) is 17.5 Å². The van der Waals surface area contributed by atoms with Crippen molar-refractivity contribution in [2.75, 3.05) is 0 Å². The summed E-state index contributed by atoms with van der Waals surface area (Å²) in [6, 6.07) is 66.5. The molecule has 0 unspecified atom stereocenters. The minimum absolute atomic E-state index is 0.107. The highest BCUT2D eigenvalue weighted by atomic mass is 15.1. The fourth-order valence-electron chi connectivity index (χ4n) is 9.68. The lowest BCUT2D eigenvalue weighted by Gasteiger charge is -2.16. The van der Waals surface area contributed by atoms with E-state index in [9.17, 15) is 9.37 Å². The lowest BCUT2D eigenvalue weighted by atomic mass is 10.1. The molecular formula is C58H35N7. The number of hydrogen-bond donors (Lipinski definition) is 0. The van der Waals surface area contributed by atoms with Gasteiger partial charge in [0.05, 0.1) is 54.5 Å². The zero-order chi connectivity index (χ0) is 45.6. The molecule has 0 saturated carbocycles. The average molecular weight is 833 g/mol. The van der Waals surface area contributed by atoms with E-state index in [2.05, 4.69) is 94.1 Å². The monoisotopic (exact) mass is 832 g/mol. The summed E-state index contributed by atoms with van der Waals surface area (Å²) in [4.78, 5) is 15.5. The van der Waals surface area contributed by atoms with Crippen LogP contribution >= 0.6 is 0 Å². The maximum Gasteiger partial charge on any atom is 0.166 e. The lowest BCUT2D eigenvalue weighted by Crippen LogP contribution is -2.04. The molecule has 0 aliphatic heterocycles. The van der Waals surface area contributed by atoms with Gasteiger partial charge in [-0.05, 0) is 84.9 Å². The zero-order valence-corrected chi connectivity index (χ0v) is 34.6. The Labute approximate surface area is 377 Å². The molecule has 9 aromatic carbocycles. The molecule has 0 aliphatic rings. The van der Waals surface area contributed by atoms with Crippen LogP contribution < -0.4 is 0 Å². The quantitative estimate of drug-likeness (QED) is 0.167. The highest BCUT2D eigenvalue weighted by Gasteiger charge is 2.24. The first kappa shape index (κ1) is 33.5. The van der Waals surface area contributed by atoms with Crippen LogP contribution in [0.5, 0.6) is 0 Å². The van der Waals surface area contributed by atoms with Crippen molar-refractivity contribution in [2.24, 2.45) is 0 Å². The zero-order valence-electron chi connectivity index (χ0n) is 37.6. The minimum Gasteiger partial charge on any atom is -0.309 e. The third-order valence-electron chi connectivity index (χ3n) is 12.4. The third-order valence-corrected chi connectivity index (χ3v) is 12.4. The second kappa shape index (κ2) is 14.5. The fraction of sp³-hybridized carbons (Fsp3) is 0. The number of aromatic nitrogens is 6. The van der Waals surface area contributed by atoms with Gasteiger partial charge >= 0.3 is 0 Å². The Morgan fingerprint density at radius 3 is 1.60 bits per heavy atom. The van der Waals surface area contributed by atoms with E-state index >= 15 is 0 Å². The largest absolute Gasteiger partial charge is 0.309 e. The average Bonchev–Trinajstić information content (AvgIpc) is 4.03. The molecule has 0 spiro atoms. The summed E-state index contributed by atoms with van der Waals surface area (Å²) in [7, 11) is 0. The van der Waals surface area contributed by atoms with Gasteiger partial charge in [-0.3, -0.25) is 0 Å². The van der Waals surface area contributed by atoms with E-state index in [1.807, 2.05) is 120 Å². The van der Waals surface area contributed by atoms with Crippen LogP contribution in [-0.4, -0.2) is 28.7 Å². The fourth-order valence-corrected chi connectivity index (χ4v) is 9.68. The van der Waals surface area contributed by atoms with Crippen LogP contribution in [0.2, 0.25) is 0 Å². The van der Waals surface area contributed by atoms with Crippen molar-refractivity contribution in [3.05, 3.63) is 218 Å². The number of para-hydroxylation sites is 5. The van der Waals surface area contributed by atoms with Crippen LogP contribution in [0.1, 0.15) is 9.68 Å². The second-order valence-corrected chi connectivity index (χ2v) is 16.1. The number of nitriles is 1. The number of benzene rings is 9. The normalized spacial score (nSPS) is 12.3. The predicted octanol–water partition coefficient (Wildman–Crippen LogP) is 14.0. The summed E-state index contributed by atoms with van der Waals surface area (Å²) in [5.41, 5.74) is 9.22. The summed E-state index contributed by atoms with van der Waals surface area (Å²) in [5, 5.41) is 16.5. The molecule has 0 aliphatic carbocycles. The van der Waals surface area contributed by atoms with Crippen LogP contribution in [0.4, 0.5) is 0 Å². The molecular weight excluding hydrogens is 795 g/mol. The summed E-state index contributed by atoms with van der Waals surface area (Å²) >= 11 is 0. The summed E-state index contributed by atoms with van der Waals surface area (Å²) in [5.74, 6) is 0.821. The first-order valence-corrected chi connectivity index (χ1v) is 21.4. The molecule has 13 aromatic rings. The molecule has 0 fully saturated rings. The van der Waals surface area contributed by atoms with Crippen molar-refractivity contribution in [1.82, 2.24) is 28.7 Å². The Morgan fingerprint density at radius 1 is 0.415 bits per heavy atom. The SMILES string of the molecule is [2H]c1c([2H])c(-n2c3ccccc3c3ccc4c(c5ccccc5n4-c4ccccc4)c32)c(-c2nc(-c3ccccc3)nc(-c3ccc4c(c3)c3ccccc3n4-c3ccccc3)n2)c([2H])c1C#N.